The molecule has 0 unspecified atom stereocenters. The third-order valence-electron chi connectivity index (χ3n) is 3.26. The topological polar surface area (TPSA) is 42.7 Å². The lowest BCUT2D eigenvalue weighted by atomic mass is 10.2. The minimum absolute atomic E-state index is 0.231. The summed E-state index contributed by atoms with van der Waals surface area (Å²) in [5.41, 5.74) is -0.457. The van der Waals surface area contributed by atoms with E-state index in [2.05, 4.69) is 15.3 Å². The quantitative estimate of drug-likeness (QED) is 0.583. The standard InChI is InChI=1S/C15H9F5N4/c16-9-5-8(1-2-10(9)24-4-3-21-7-24)6-22-13-11(17)14(19)23-15(20)12(13)18/h1-5,7H,6H2,(H,22,23). The number of imidazole rings is 1. The summed E-state index contributed by atoms with van der Waals surface area (Å²) in [5.74, 6) is -7.43. The number of nitrogens with one attached hydrogen (secondary N) is 1. The van der Waals surface area contributed by atoms with Crippen LogP contribution < -0.4 is 5.32 Å². The summed E-state index contributed by atoms with van der Waals surface area (Å²) in [6, 6.07) is 4.07. The number of hydrogen-bond acceptors (Lipinski definition) is 3. The molecule has 4 nitrogen and oxygen atoms in total. The van der Waals surface area contributed by atoms with Gasteiger partial charge in [0.1, 0.15) is 11.5 Å². The monoisotopic (exact) mass is 340 g/mol. The Balaban J connectivity index is 1.82. The highest BCUT2D eigenvalue weighted by atomic mass is 19.2. The second kappa shape index (κ2) is 6.26. The Kier molecular flexibility index (Phi) is 4.15. The molecule has 1 N–H and O–H groups in total. The fourth-order valence-corrected chi connectivity index (χ4v) is 2.10. The molecular formula is C15H9F5N4. The van der Waals surface area contributed by atoms with Crippen molar-refractivity contribution < 1.29 is 22.0 Å². The van der Waals surface area contributed by atoms with E-state index in [1.807, 2.05) is 0 Å². The molecule has 0 saturated carbocycles. The van der Waals surface area contributed by atoms with Crippen molar-refractivity contribution in [3.05, 3.63) is 71.8 Å². The van der Waals surface area contributed by atoms with Crippen molar-refractivity contribution in [1.29, 1.82) is 0 Å². The first-order valence-electron chi connectivity index (χ1n) is 6.68. The molecule has 0 atom stereocenters. The maximum Gasteiger partial charge on any atom is 0.253 e. The van der Waals surface area contributed by atoms with Gasteiger partial charge in [0.05, 0.1) is 12.0 Å². The van der Waals surface area contributed by atoms with E-state index < -0.39 is 35.0 Å². The Morgan fingerprint density at radius 3 is 2.29 bits per heavy atom. The zero-order valence-corrected chi connectivity index (χ0v) is 11.9. The molecule has 0 bridgehead atoms. The Bertz CT molecular complexity index is 854. The predicted molar refractivity (Wildman–Crippen MR) is 74.9 cm³/mol. The number of rotatable bonds is 4. The summed E-state index contributed by atoms with van der Waals surface area (Å²) in [4.78, 5) is 6.25. The highest BCUT2D eigenvalue weighted by molar-refractivity contribution is 5.46. The van der Waals surface area contributed by atoms with Gasteiger partial charge in [-0.3, -0.25) is 0 Å². The first-order valence-corrected chi connectivity index (χ1v) is 6.68. The van der Waals surface area contributed by atoms with Gasteiger partial charge in [-0.15, -0.1) is 0 Å². The van der Waals surface area contributed by atoms with Crippen molar-refractivity contribution in [3.8, 4) is 5.69 Å². The SMILES string of the molecule is Fc1cc(CNc2c(F)c(F)nc(F)c2F)ccc1-n1ccnc1. The molecule has 0 radical (unpaired) electrons. The van der Waals surface area contributed by atoms with E-state index in [1.165, 1.54) is 29.2 Å². The van der Waals surface area contributed by atoms with Crippen LogP contribution in [0, 0.1) is 29.3 Å². The van der Waals surface area contributed by atoms with Crippen LogP contribution in [0.15, 0.2) is 36.9 Å². The van der Waals surface area contributed by atoms with E-state index in [-0.39, 0.29) is 12.2 Å². The van der Waals surface area contributed by atoms with Crippen LogP contribution in [-0.2, 0) is 6.54 Å². The fourth-order valence-electron chi connectivity index (χ4n) is 2.10. The first-order chi connectivity index (χ1) is 11.5. The Morgan fingerprint density at radius 1 is 1.00 bits per heavy atom. The van der Waals surface area contributed by atoms with Crippen molar-refractivity contribution in [3.63, 3.8) is 0 Å². The number of anilines is 1. The summed E-state index contributed by atoms with van der Waals surface area (Å²) in [5, 5.41) is 2.20. The molecule has 0 aliphatic carbocycles. The number of aromatic nitrogens is 3. The van der Waals surface area contributed by atoms with Crippen LogP contribution in [0.2, 0.25) is 0 Å². The van der Waals surface area contributed by atoms with E-state index in [0.29, 0.717) is 5.56 Å². The summed E-state index contributed by atoms with van der Waals surface area (Å²) in [7, 11) is 0. The lowest BCUT2D eigenvalue weighted by molar-refractivity contribution is 0.410. The Morgan fingerprint density at radius 2 is 1.71 bits per heavy atom. The van der Waals surface area contributed by atoms with Gasteiger partial charge >= 0.3 is 0 Å². The number of pyridine rings is 1. The molecule has 0 aliphatic rings. The number of benzene rings is 1. The smallest absolute Gasteiger partial charge is 0.253 e. The van der Waals surface area contributed by atoms with E-state index >= 15 is 0 Å². The van der Waals surface area contributed by atoms with Crippen LogP contribution in [0.1, 0.15) is 5.56 Å². The van der Waals surface area contributed by atoms with Gasteiger partial charge in [-0.2, -0.15) is 22.5 Å². The fraction of sp³-hybridized carbons (Fsp3) is 0.0667. The van der Waals surface area contributed by atoms with Crippen LogP contribution in [0.4, 0.5) is 27.6 Å². The van der Waals surface area contributed by atoms with E-state index in [0.717, 1.165) is 6.07 Å². The molecule has 2 heterocycles. The zero-order valence-electron chi connectivity index (χ0n) is 11.9. The molecule has 0 spiro atoms. The average Bonchev–Trinajstić information content (AvgIpc) is 3.07. The summed E-state index contributed by atoms with van der Waals surface area (Å²) in [6.07, 6.45) is 4.43. The van der Waals surface area contributed by atoms with Gasteiger partial charge in [0, 0.05) is 18.9 Å². The molecule has 0 saturated heterocycles. The van der Waals surface area contributed by atoms with Gasteiger partial charge < -0.3 is 9.88 Å². The number of nitrogens with zero attached hydrogens (tertiary/aromatic N) is 3. The molecule has 3 aromatic rings. The summed E-state index contributed by atoms with van der Waals surface area (Å²) in [6.45, 7) is -0.252. The Hall–Kier alpha value is -2.97. The van der Waals surface area contributed by atoms with Gasteiger partial charge in [0.25, 0.3) is 11.9 Å². The van der Waals surface area contributed by atoms with Crippen LogP contribution in [0.5, 0.6) is 0 Å². The average molecular weight is 340 g/mol. The lowest BCUT2D eigenvalue weighted by Crippen LogP contribution is -2.09. The first kappa shape index (κ1) is 15.9. The molecule has 1 aromatic carbocycles. The van der Waals surface area contributed by atoms with E-state index in [4.69, 9.17) is 0 Å². The zero-order chi connectivity index (χ0) is 17.3. The van der Waals surface area contributed by atoms with Gasteiger partial charge in [-0.25, -0.2) is 9.37 Å². The molecule has 2 aromatic heterocycles. The lowest BCUT2D eigenvalue weighted by Gasteiger charge is -2.11. The largest absolute Gasteiger partial charge is 0.376 e. The van der Waals surface area contributed by atoms with Gasteiger partial charge in [0.15, 0.2) is 0 Å². The van der Waals surface area contributed by atoms with E-state index in [9.17, 15) is 22.0 Å². The minimum Gasteiger partial charge on any atom is -0.376 e. The van der Waals surface area contributed by atoms with Crippen molar-refractivity contribution in [2.45, 2.75) is 6.54 Å². The van der Waals surface area contributed by atoms with E-state index in [1.54, 1.807) is 6.20 Å². The third-order valence-corrected chi connectivity index (χ3v) is 3.26. The number of halogens is 5. The number of hydrogen-bond donors (Lipinski definition) is 1. The molecular weight excluding hydrogens is 331 g/mol. The second-order valence-corrected chi connectivity index (χ2v) is 4.81. The van der Waals surface area contributed by atoms with Crippen LogP contribution in [-0.4, -0.2) is 14.5 Å². The maximum absolute atomic E-state index is 14.1. The molecule has 24 heavy (non-hydrogen) atoms. The highest BCUT2D eigenvalue weighted by Gasteiger charge is 2.20. The minimum atomic E-state index is -1.77. The van der Waals surface area contributed by atoms with Crippen molar-refractivity contribution in [2.75, 3.05) is 5.32 Å². The van der Waals surface area contributed by atoms with Crippen molar-refractivity contribution in [2.24, 2.45) is 0 Å². The normalized spacial score (nSPS) is 10.9. The molecule has 0 aliphatic heterocycles. The molecule has 0 fully saturated rings. The van der Waals surface area contributed by atoms with Gasteiger partial charge in [0.2, 0.25) is 11.6 Å². The predicted octanol–water partition coefficient (Wildman–Crippen LogP) is 3.57. The molecule has 3 rings (SSSR count). The van der Waals surface area contributed by atoms with Gasteiger partial charge in [-0.1, -0.05) is 6.07 Å². The Labute approximate surface area is 132 Å². The maximum atomic E-state index is 14.1. The highest BCUT2D eigenvalue weighted by Crippen LogP contribution is 2.23. The molecule has 9 heteroatoms. The second-order valence-electron chi connectivity index (χ2n) is 4.81. The molecule has 124 valence electrons. The van der Waals surface area contributed by atoms with Gasteiger partial charge in [-0.05, 0) is 17.7 Å². The summed E-state index contributed by atoms with van der Waals surface area (Å²) >= 11 is 0. The summed E-state index contributed by atoms with van der Waals surface area (Å²) < 4.78 is 68.5. The van der Waals surface area contributed by atoms with Crippen LogP contribution in [0.25, 0.3) is 5.69 Å². The molecule has 0 amide bonds. The van der Waals surface area contributed by atoms with Crippen LogP contribution in [0.3, 0.4) is 0 Å². The van der Waals surface area contributed by atoms with Crippen molar-refractivity contribution in [1.82, 2.24) is 14.5 Å². The van der Waals surface area contributed by atoms with Crippen molar-refractivity contribution >= 4 is 5.69 Å². The van der Waals surface area contributed by atoms with Crippen LogP contribution >= 0.6 is 0 Å². The third kappa shape index (κ3) is 2.92.